The largest absolute Gasteiger partial charge is 0.485 e. The minimum Gasteiger partial charge on any atom is -0.485 e. The van der Waals surface area contributed by atoms with Crippen LogP contribution in [0.25, 0.3) is 0 Å². The monoisotopic (exact) mass is 329 g/mol. The summed E-state index contributed by atoms with van der Waals surface area (Å²) < 4.78 is 7.18. The molecule has 21 heavy (non-hydrogen) atoms. The second kappa shape index (κ2) is 6.32. The second-order valence-electron chi connectivity index (χ2n) is 4.35. The fourth-order valence-electron chi connectivity index (χ4n) is 1.84. The Labute approximate surface area is 131 Å². The number of nitro benzene ring substituents is 1. The van der Waals surface area contributed by atoms with Crippen molar-refractivity contribution >= 4 is 28.9 Å². The quantitative estimate of drug-likeness (QED) is 0.618. The van der Waals surface area contributed by atoms with Crippen molar-refractivity contribution in [2.75, 3.05) is 0 Å². The molecule has 2 rings (SSSR count). The smallest absolute Gasteiger partial charge is 0.273 e. The van der Waals surface area contributed by atoms with Gasteiger partial charge in [-0.3, -0.25) is 14.8 Å². The fourth-order valence-corrected chi connectivity index (χ4v) is 2.36. The number of halogens is 2. The molecule has 1 heterocycles. The summed E-state index contributed by atoms with van der Waals surface area (Å²) in [5.41, 5.74) is 1.39. The molecule has 0 fully saturated rings. The number of ether oxygens (including phenoxy) is 1. The van der Waals surface area contributed by atoms with Gasteiger partial charge in [0.1, 0.15) is 12.4 Å². The van der Waals surface area contributed by atoms with Crippen LogP contribution in [0.4, 0.5) is 5.69 Å². The molecule has 0 unspecified atom stereocenters. The van der Waals surface area contributed by atoms with Crippen molar-refractivity contribution in [1.29, 1.82) is 0 Å². The van der Waals surface area contributed by atoms with E-state index in [2.05, 4.69) is 5.10 Å². The highest BCUT2D eigenvalue weighted by molar-refractivity contribution is 6.32. The zero-order chi connectivity index (χ0) is 15.6. The number of aryl methyl sites for hydroxylation is 2. The molecule has 0 radical (unpaired) electrons. The molecular weight excluding hydrogens is 317 g/mol. The van der Waals surface area contributed by atoms with E-state index in [0.29, 0.717) is 22.2 Å². The first-order valence-electron chi connectivity index (χ1n) is 6.21. The molecule has 0 saturated carbocycles. The summed E-state index contributed by atoms with van der Waals surface area (Å²) >= 11 is 12.2. The predicted molar refractivity (Wildman–Crippen MR) is 80.0 cm³/mol. The lowest BCUT2D eigenvalue weighted by molar-refractivity contribution is -0.384. The molecule has 0 aliphatic heterocycles. The van der Waals surface area contributed by atoms with Gasteiger partial charge in [-0.2, -0.15) is 5.10 Å². The van der Waals surface area contributed by atoms with Gasteiger partial charge in [0.05, 0.1) is 32.4 Å². The molecule has 1 aromatic heterocycles. The summed E-state index contributed by atoms with van der Waals surface area (Å²) in [4.78, 5) is 10.3. The van der Waals surface area contributed by atoms with E-state index < -0.39 is 4.92 Å². The van der Waals surface area contributed by atoms with Crippen LogP contribution >= 0.6 is 23.2 Å². The van der Waals surface area contributed by atoms with E-state index in [1.807, 2.05) is 6.92 Å². The minimum absolute atomic E-state index is 0.0836. The van der Waals surface area contributed by atoms with Gasteiger partial charge < -0.3 is 4.74 Å². The Morgan fingerprint density at radius 1 is 1.43 bits per heavy atom. The summed E-state index contributed by atoms with van der Waals surface area (Å²) in [6, 6.07) is 4.03. The van der Waals surface area contributed by atoms with E-state index >= 15 is 0 Å². The number of nitro groups is 1. The second-order valence-corrected chi connectivity index (χ2v) is 5.13. The van der Waals surface area contributed by atoms with Crippen LogP contribution in [0.15, 0.2) is 18.2 Å². The molecule has 1 aromatic carbocycles. The Hall–Kier alpha value is -1.79. The molecule has 0 atom stereocenters. The minimum atomic E-state index is -0.505. The van der Waals surface area contributed by atoms with Gasteiger partial charge in [0.15, 0.2) is 0 Å². The normalized spacial score (nSPS) is 10.7. The molecule has 0 amide bonds. The SMILES string of the molecule is CCc1nn(C)c(COc2cc([N+](=O)[O-])ccc2Cl)c1Cl. The first-order valence-corrected chi connectivity index (χ1v) is 6.96. The van der Waals surface area contributed by atoms with Crippen LogP contribution in [-0.4, -0.2) is 14.7 Å². The maximum absolute atomic E-state index is 10.8. The molecule has 8 heteroatoms. The molecule has 0 N–H and O–H groups in total. The lowest BCUT2D eigenvalue weighted by Crippen LogP contribution is -2.04. The van der Waals surface area contributed by atoms with E-state index in [1.165, 1.54) is 18.2 Å². The summed E-state index contributed by atoms with van der Waals surface area (Å²) in [6.07, 6.45) is 0.713. The molecule has 0 spiro atoms. The summed E-state index contributed by atoms with van der Waals surface area (Å²) in [5, 5.41) is 15.9. The Bertz CT molecular complexity index is 686. The first kappa shape index (κ1) is 15.6. The van der Waals surface area contributed by atoms with Crippen LogP contribution in [0.2, 0.25) is 10.0 Å². The van der Waals surface area contributed by atoms with Crippen LogP contribution in [0, 0.1) is 10.1 Å². The van der Waals surface area contributed by atoms with Crippen molar-refractivity contribution in [3.63, 3.8) is 0 Å². The fraction of sp³-hybridized carbons (Fsp3) is 0.308. The van der Waals surface area contributed by atoms with Crippen molar-refractivity contribution in [3.8, 4) is 5.75 Å². The maximum Gasteiger partial charge on any atom is 0.273 e. The number of non-ortho nitro benzene ring substituents is 1. The Morgan fingerprint density at radius 2 is 2.14 bits per heavy atom. The highest BCUT2D eigenvalue weighted by atomic mass is 35.5. The number of benzene rings is 1. The van der Waals surface area contributed by atoms with Crippen LogP contribution in [-0.2, 0) is 20.1 Å². The third-order valence-electron chi connectivity index (χ3n) is 2.99. The Morgan fingerprint density at radius 3 is 2.71 bits per heavy atom. The number of hydrogen-bond donors (Lipinski definition) is 0. The predicted octanol–water partition coefficient (Wildman–Crippen LogP) is 3.78. The zero-order valence-corrected chi connectivity index (χ0v) is 13.0. The van der Waals surface area contributed by atoms with Crippen LogP contribution < -0.4 is 4.74 Å². The van der Waals surface area contributed by atoms with Gasteiger partial charge in [-0.05, 0) is 12.5 Å². The van der Waals surface area contributed by atoms with Gasteiger partial charge in [0.2, 0.25) is 0 Å². The van der Waals surface area contributed by atoms with Crippen molar-refractivity contribution in [2.45, 2.75) is 20.0 Å². The lowest BCUT2D eigenvalue weighted by Gasteiger charge is -2.08. The van der Waals surface area contributed by atoms with Gasteiger partial charge >= 0.3 is 0 Å². The molecule has 0 aliphatic carbocycles. The van der Waals surface area contributed by atoms with Gasteiger partial charge in [0.25, 0.3) is 5.69 Å². The van der Waals surface area contributed by atoms with Crippen molar-refractivity contribution < 1.29 is 9.66 Å². The maximum atomic E-state index is 10.8. The molecule has 0 saturated heterocycles. The standard InChI is InChI=1S/C13H13Cl2N3O3/c1-3-10-13(15)11(17(2)16-10)7-21-12-6-8(18(19)20)4-5-9(12)14/h4-6H,3,7H2,1-2H3. The molecule has 0 bridgehead atoms. The van der Waals surface area contributed by atoms with Crippen molar-refractivity contribution in [3.05, 3.63) is 49.7 Å². The number of aromatic nitrogens is 2. The lowest BCUT2D eigenvalue weighted by atomic mass is 10.3. The third kappa shape index (κ3) is 3.28. The van der Waals surface area contributed by atoms with E-state index in [-0.39, 0.29) is 18.0 Å². The number of hydrogen-bond acceptors (Lipinski definition) is 4. The van der Waals surface area contributed by atoms with Gasteiger partial charge in [-0.25, -0.2) is 0 Å². The van der Waals surface area contributed by atoms with Gasteiger partial charge in [-0.1, -0.05) is 30.1 Å². The third-order valence-corrected chi connectivity index (χ3v) is 3.74. The Balaban J connectivity index is 2.22. The average Bonchev–Trinajstić information content (AvgIpc) is 2.72. The number of nitrogens with zero attached hydrogens (tertiary/aromatic N) is 3. The summed E-state index contributed by atoms with van der Waals surface area (Å²) in [6.45, 7) is 2.08. The highest BCUT2D eigenvalue weighted by Crippen LogP contribution is 2.30. The van der Waals surface area contributed by atoms with Crippen molar-refractivity contribution in [1.82, 2.24) is 9.78 Å². The molecule has 112 valence electrons. The highest BCUT2D eigenvalue weighted by Gasteiger charge is 2.15. The van der Waals surface area contributed by atoms with Crippen molar-refractivity contribution in [2.24, 2.45) is 7.05 Å². The van der Waals surface area contributed by atoms with Crippen LogP contribution in [0.5, 0.6) is 5.75 Å². The Kier molecular flexibility index (Phi) is 4.69. The summed E-state index contributed by atoms with van der Waals surface area (Å²) in [7, 11) is 1.76. The van der Waals surface area contributed by atoms with E-state index in [9.17, 15) is 10.1 Å². The molecular formula is C13H13Cl2N3O3. The van der Waals surface area contributed by atoms with E-state index in [1.54, 1.807) is 11.7 Å². The number of rotatable bonds is 5. The van der Waals surface area contributed by atoms with Gasteiger partial charge in [0, 0.05) is 13.1 Å². The zero-order valence-electron chi connectivity index (χ0n) is 11.5. The molecule has 2 aromatic rings. The molecule has 6 nitrogen and oxygen atoms in total. The molecule has 0 aliphatic rings. The van der Waals surface area contributed by atoms with E-state index in [0.717, 1.165) is 5.69 Å². The van der Waals surface area contributed by atoms with E-state index in [4.69, 9.17) is 27.9 Å². The summed E-state index contributed by atoms with van der Waals surface area (Å²) in [5.74, 6) is 0.237. The van der Waals surface area contributed by atoms with Crippen LogP contribution in [0.1, 0.15) is 18.3 Å². The average molecular weight is 330 g/mol. The first-order chi connectivity index (χ1) is 9.93. The topological polar surface area (TPSA) is 70.2 Å². The van der Waals surface area contributed by atoms with Crippen LogP contribution in [0.3, 0.4) is 0 Å². The van der Waals surface area contributed by atoms with Gasteiger partial charge in [-0.15, -0.1) is 0 Å².